The summed E-state index contributed by atoms with van der Waals surface area (Å²) in [6.45, 7) is 8.97. The van der Waals surface area contributed by atoms with Gasteiger partial charge in [0.05, 0.1) is 12.6 Å². The molecule has 2 aromatic rings. The summed E-state index contributed by atoms with van der Waals surface area (Å²) in [6, 6.07) is 4.13. The van der Waals surface area contributed by atoms with Crippen LogP contribution in [0.2, 0.25) is 0 Å². The number of nitrogens with one attached hydrogen (secondary N) is 1. The standard InChI is InChI=1S/C26H36N6O5/c1-16(2)13-20-24-27-18(4)29-32(24)12-11-31(10-6-7-23(33)30(5)17(3)25(34)28-20)26(35)19-8-9-21-22(14-19)37-15-36-21/h8-9,14,16-17,20H,6-7,10-13,15H2,1-5H3,(H,28,34)/t17-,20+/m0/s1. The second kappa shape index (κ2) is 11.2. The number of carbonyl (C=O) groups is 3. The molecule has 3 amide bonds. The van der Waals surface area contributed by atoms with Gasteiger partial charge in [-0.1, -0.05) is 13.8 Å². The van der Waals surface area contributed by atoms with Crippen LogP contribution in [0.25, 0.3) is 0 Å². The van der Waals surface area contributed by atoms with Crippen molar-refractivity contribution < 1.29 is 23.9 Å². The quantitative estimate of drug-likeness (QED) is 0.670. The lowest BCUT2D eigenvalue weighted by Crippen LogP contribution is -2.47. The zero-order chi connectivity index (χ0) is 26.7. The molecule has 2 atom stereocenters. The number of carbonyl (C=O) groups excluding carboxylic acids is 3. The van der Waals surface area contributed by atoms with E-state index in [1.54, 1.807) is 41.8 Å². The van der Waals surface area contributed by atoms with Crippen molar-refractivity contribution in [3.05, 3.63) is 35.4 Å². The fraction of sp³-hybridized carbons (Fsp3) is 0.577. The highest BCUT2D eigenvalue weighted by atomic mass is 16.7. The second-order valence-electron chi connectivity index (χ2n) is 10.1. The Morgan fingerprint density at radius 1 is 1.16 bits per heavy atom. The highest BCUT2D eigenvalue weighted by molar-refractivity contribution is 5.95. The van der Waals surface area contributed by atoms with Crippen molar-refractivity contribution in [1.29, 1.82) is 0 Å². The first-order valence-electron chi connectivity index (χ1n) is 12.8. The molecule has 3 heterocycles. The number of aryl methyl sites for hydroxylation is 1. The third-order valence-electron chi connectivity index (χ3n) is 6.80. The number of ether oxygens (including phenoxy) is 2. The summed E-state index contributed by atoms with van der Waals surface area (Å²) in [5, 5.41) is 7.67. The molecule has 1 aromatic carbocycles. The Hall–Kier alpha value is -3.63. The van der Waals surface area contributed by atoms with Gasteiger partial charge in [-0.05, 0) is 50.8 Å². The molecule has 0 aliphatic carbocycles. The molecule has 0 saturated carbocycles. The molecule has 0 unspecified atom stereocenters. The minimum Gasteiger partial charge on any atom is -0.454 e. The van der Waals surface area contributed by atoms with Crippen molar-refractivity contribution in [3.8, 4) is 11.5 Å². The van der Waals surface area contributed by atoms with Crippen LogP contribution in [-0.4, -0.2) is 75.3 Å². The van der Waals surface area contributed by atoms with Crippen LogP contribution in [0.15, 0.2) is 18.2 Å². The number of fused-ring (bicyclic) bond motifs is 2. The summed E-state index contributed by atoms with van der Waals surface area (Å²) in [7, 11) is 1.64. The molecule has 2 aliphatic heterocycles. The molecule has 0 saturated heterocycles. The number of benzene rings is 1. The first-order chi connectivity index (χ1) is 17.6. The van der Waals surface area contributed by atoms with Crippen molar-refractivity contribution >= 4 is 17.7 Å². The monoisotopic (exact) mass is 512 g/mol. The zero-order valence-corrected chi connectivity index (χ0v) is 22.2. The van der Waals surface area contributed by atoms with Crippen molar-refractivity contribution in [1.82, 2.24) is 29.9 Å². The topological polar surface area (TPSA) is 119 Å². The van der Waals surface area contributed by atoms with Crippen LogP contribution < -0.4 is 14.8 Å². The molecule has 1 N–H and O–H groups in total. The predicted octanol–water partition coefficient (Wildman–Crippen LogP) is 2.30. The number of nitrogens with zero attached hydrogens (tertiary/aromatic N) is 5. The summed E-state index contributed by atoms with van der Waals surface area (Å²) < 4.78 is 12.6. The van der Waals surface area contributed by atoms with Gasteiger partial charge < -0.3 is 24.6 Å². The summed E-state index contributed by atoms with van der Waals surface area (Å²) in [4.78, 5) is 47.3. The van der Waals surface area contributed by atoms with E-state index < -0.39 is 6.04 Å². The van der Waals surface area contributed by atoms with E-state index in [0.29, 0.717) is 61.2 Å². The van der Waals surface area contributed by atoms with E-state index in [1.165, 1.54) is 4.90 Å². The highest BCUT2D eigenvalue weighted by Crippen LogP contribution is 2.33. The molecule has 200 valence electrons. The lowest BCUT2D eigenvalue weighted by molar-refractivity contribution is -0.138. The normalized spacial score (nSPS) is 21.0. The summed E-state index contributed by atoms with van der Waals surface area (Å²) in [5.41, 5.74) is 0.488. The van der Waals surface area contributed by atoms with E-state index in [-0.39, 0.29) is 42.9 Å². The lowest BCUT2D eigenvalue weighted by Gasteiger charge is -2.29. The van der Waals surface area contributed by atoms with E-state index in [2.05, 4.69) is 29.2 Å². The van der Waals surface area contributed by atoms with Gasteiger partial charge in [0.1, 0.15) is 17.7 Å². The largest absolute Gasteiger partial charge is 0.454 e. The Bertz CT molecular complexity index is 1160. The van der Waals surface area contributed by atoms with Gasteiger partial charge in [-0.3, -0.25) is 14.4 Å². The maximum atomic E-state index is 13.5. The average molecular weight is 513 g/mol. The van der Waals surface area contributed by atoms with Crippen LogP contribution in [0.1, 0.15) is 68.1 Å². The minimum absolute atomic E-state index is 0.132. The molecular weight excluding hydrogens is 476 g/mol. The summed E-state index contributed by atoms with van der Waals surface area (Å²) in [6.07, 6.45) is 1.35. The SMILES string of the molecule is Cc1nc2n(n1)CCN(C(=O)c1ccc3c(c1)OCO3)CCCC(=O)N(C)[C@@H](C)C(=O)N[C@@H]2CC(C)C. The molecule has 2 aliphatic rings. The fourth-order valence-electron chi connectivity index (χ4n) is 4.62. The first kappa shape index (κ1) is 26.4. The van der Waals surface area contributed by atoms with E-state index in [1.807, 2.05) is 6.92 Å². The van der Waals surface area contributed by atoms with Crippen LogP contribution in [0.3, 0.4) is 0 Å². The van der Waals surface area contributed by atoms with E-state index in [9.17, 15) is 14.4 Å². The minimum atomic E-state index is -0.645. The number of hydrogen-bond acceptors (Lipinski definition) is 7. The third-order valence-corrected chi connectivity index (χ3v) is 6.80. The molecule has 0 fully saturated rings. The van der Waals surface area contributed by atoms with Crippen LogP contribution in [-0.2, 0) is 16.1 Å². The molecule has 0 radical (unpaired) electrons. The number of hydrogen-bond donors (Lipinski definition) is 1. The number of likely N-dealkylation sites (N-methyl/N-ethyl adjacent to an activating group) is 1. The Kier molecular flexibility index (Phi) is 7.99. The van der Waals surface area contributed by atoms with E-state index in [4.69, 9.17) is 9.47 Å². The van der Waals surface area contributed by atoms with Gasteiger partial charge in [0.25, 0.3) is 5.91 Å². The Morgan fingerprint density at radius 3 is 2.68 bits per heavy atom. The van der Waals surface area contributed by atoms with Gasteiger partial charge in [-0.25, -0.2) is 9.67 Å². The molecule has 0 spiro atoms. The molecule has 37 heavy (non-hydrogen) atoms. The van der Waals surface area contributed by atoms with Gasteiger partial charge in [-0.15, -0.1) is 0 Å². The van der Waals surface area contributed by atoms with Gasteiger partial charge in [0, 0.05) is 32.1 Å². The third kappa shape index (κ3) is 6.03. The van der Waals surface area contributed by atoms with Gasteiger partial charge in [-0.2, -0.15) is 5.10 Å². The smallest absolute Gasteiger partial charge is 0.254 e. The van der Waals surface area contributed by atoms with Gasteiger partial charge in [0.15, 0.2) is 11.5 Å². The van der Waals surface area contributed by atoms with Gasteiger partial charge in [0.2, 0.25) is 18.6 Å². The molecule has 4 rings (SSSR count). The molecule has 11 nitrogen and oxygen atoms in total. The van der Waals surface area contributed by atoms with Crippen molar-refractivity contribution in [2.45, 2.75) is 65.6 Å². The molecule has 0 bridgehead atoms. The fourth-order valence-corrected chi connectivity index (χ4v) is 4.62. The van der Waals surface area contributed by atoms with Gasteiger partial charge >= 0.3 is 0 Å². The molecular formula is C26H36N6O5. The Morgan fingerprint density at radius 2 is 1.92 bits per heavy atom. The number of aromatic nitrogens is 3. The number of rotatable bonds is 3. The second-order valence-corrected chi connectivity index (χ2v) is 10.1. The first-order valence-corrected chi connectivity index (χ1v) is 12.8. The lowest BCUT2D eigenvalue weighted by atomic mass is 10.0. The van der Waals surface area contributed by atoms with Crippen molar-refractivity contribution in [2.24, 2.45) is 5.92 Å². The highest BCUT2D eigenvalue weighted by Gasteiger charge is 2.29. The van der Waals surface area contributed by atoms with Crippen LogP contribution >= 0.6 is 0 Å². The van der Waals surface area contributed by atoms with Crippen LogP contribution in [0.4, 0.5) is 0 Å². The van der Waals surface area contributed by atoms with E-state index in [0.717, 1.165) is 0 Å². The maximum Gasteiger partial charge on any atom is 0.254 e. The average Bonchev–Trinajstić information content (AvgIpc) is 3.48. The Labute approximate surface area is 217 Å². The van der Waals surface area contributed by atoms with E-state index >= 15 is 0 Å². The maximum absolute atomic E-state index is 13.5. The zero-order valence-electron chi connectivity index (χ0n) is 22.2. The van der Waals surface area contributed by atoms with Crippen LogP contribution in [0.5, 0.6) is 11.5 Å². The Balaban J connectivity index is 1.65. The number of amides is 3. The summed E-state index contributed by atoms with van der Waals surface area (Å²) >= 11 is 0. The van der Waals surface area contributed by atoms with Crippen molar-refractivity contribution in [3.63, 3.8) is 0 Å². The summed E-state index contributed by atoms with van der Waals surface area (Å²) in [5.74, 6) is 2.14. The van der Waals surface area contributed by atoms with Crippen molar-refractivity contribution in [2.75, 3.05) is 26.9 Å². The molecule has 1 aromatic heterocycles. The molecule has 11 heteroatoms. The predicted molar refractivity (Wildman–Crippen MR) is 135 cm³/mol. The van der Waals surface area contributed by atoms with Crippen LogP contribution in [0, 0.1) is 12.8 Å².